The highest BCUT2D eigenvalue weighted by atomic mass is 31.2. The summed E-state index contributed by atoms with van der Waals surface area (Å²) in [4.78, 5) is 73.4. The van der Waals surface area contributed by atoms with Gasteiger partial charge in [0.25, 0.3) is 0 Å². The van der Waals surface area contributed by atoms with Crippen LogP contribution in [0.5, 0.6) is 0 Å². The molecule has 0 aromatic heterocycles. The van der Waals surface area contributed by atoms with E-state index in [1.165, 1.54) is 302 Å². The fourth-order valence-electron chi connectivity index (χ4n) is 14.1. The summed E-state index contributed by atoms with van der Waals surface area (Å²) in [5.74, 6) is -0.541. The Kier molecular flexibility index (Phi) is 79.8. The van der Waals surface area contributed by atoms with Crippen LogP contribution in [0, 0.1) is 11.8 Å². The minimum absolute atomic E-state index is 0.108. The van der Waals surface area contributed by atoms with Gasteiger partial charge in [0.1, 0.15) is 19.3 Å². The number of rotatable bonds is 89. The van der Waals surface area contributed by atoms with Gasteiger partial charge in [-0.15, -0.1) is 0 Å². The maximum Gasteiger partial charge on any atom is 0.472 e. The largest absolute Gasteiger partial charge is 0.472 e. The lowest BCUT2D eigenvalue weighted by atomic mass is 10.0. The summed E-state index contributed by atoms with van der Waals surface area (Å²) in [6, 6.07) is 0. The second kappa shape index (κ2) is 81.2. The van der Waals surface area contributed by atoms with Gasteiger partial charge in [0.2, 0.25) is 0 Å². The molecule has 2 unspecified atom stereocenters. The maximum absolute atomic E-state index is 13.2. The molecular formula is C90H176O17P2. The maximum atomic E-state index is 13.2. The van der Waals surface area contributed by atoms with E-state index in [-0.39, 0.29) is 25.7 Å². The first kappa shape index (κ1) is 107. The molecule has 0 fully saturated rings. The number of phosphoric acid groups is 2. The number of hydrogen-bond donors (Lipinski definition) is 3. The minimum Gasteiger partial charge on any atom is -0.462 e. The van der Waals surface area contributed by atoms with Gasteiger partial charge in [0.15, 0.2) is 12.2 Å². The average molecular weight is 1590 g/mol. The fraction of sp³-hybridized carbons (Fsp3) is 0.956. The van der Waals surface area contributed by atoms with Gasteiger partial charge in [-0.3, -0.25) is 37.3 Å². The highest BCUT2D eigenvalue weighted by Gasteiger charge is 2.31. The summed E-state index contributed by atoms with van der Waals surface area (Å²) in [7, 11) is -9.93. The molecular weight excluding hydrogens is 1410 g/mol. The Morgan fingerprint density at radius 3 is 0.624 bits per heavy atom. The van der Waals surface area contributed by atoms with Gasteiger partial charge in [-0.1, -0.05) is 433 Å². The topological polar surface area (TPSA) is 237 Å². The van der Waals surface area contributed by atoms with Crippen molar-refractivity contribution < 1.29 is 80.2 Å². The number of esters is 4. The van der Waals surface area contributed by atoms with E-state index in [1.807, 2.05) is 0 Å². The van der Waals surface area contributed by atoms with Gasteiger partial charge >= 0.3 is 39.5 Å². The Hall–Kier alpha value is -1.94. The van der Waals surface area contributed by atoms with Crippen molar-refractivity contribution >= 4 is 39.5 Å². The third-order valence-corrected chi connectivity index (χ3v) is 23.1. The second-order valence-corrected chi connectivity index (χ2v) is 36.2. The molecule has 3 N–H and O–H groups in total. The molecule has 0 heterocycles. The summed E-state index contributed by atoms with van der Waals surface area (Å²) in [6.45, 7) is 9.71. The van der Waals surface area contributed by atoms with E-state index in [0.29, 0.717) is 25.7 Å². The van der Waals surface area contributed by atoms with E-state index < -0.39 is 97.5 Å². The van der Waals surface area contributed by atoms with Crippen molar-refractivity contribution in [1.82, 2.24) is 0 Å². The van der Waals surface area contributed by atoms with Gasteiger partial charge in [-0.25, -0.2) is 9.13 Å². The number of phosphoric ester groups is 2. The van der Waals surface area contributed by atoms with Crippen LogP contribution >= 0.6 is 15.6 Å². The fourth-order valence-corrected chi connectivity index (χ4v) is 15.7. The van der Waals surface area contributed by atoms with Gasteiger partial charge in [0, 0.05) is 25.7 Å². The lowest BCUT2D eigenvalue weighted by Gasteiger charge is -2.21. The third-order valence-electron chi connectivity index (χ3n) is 21.2. The summed E-state index contributed by atoms with van der Waals surface area (Å²) < 4.78 is 69.0. The van der Waals surface area contributed by atoms with Crippen LogP contribution in [0.4, 0.5) is 0 Å². The number of carbonyl (C=O) groups excluding carboxylic acids is 4. The summed E-state index contributed by atoms with van der Waals surface area (Å²) >= 11 is 0. The predicted octanol–water partition coefficient (Wildman–Crippen LogP) is 27.8. The number of hydrogen-bond acceptors (Lipinski definition) is 15. The van der Waals surface area contributed by atoms with Gasteiger partial charge in [-0.2, -0.15) is 0 Å². The summed E-state index contributed by atoms with van der Waals surface area (Å²) in [5, 5.41) is 10.7. The number of aliphatic hydroxyl groups is 1. The first-order valence-corrected chi connectivity index (χ1v) is 49.5. The first-order chi connectivity index (χ1) is 52.9. The van der Waals surface area contributed by atoms with Crippen LogP contribution < -0.4 is 0 Å². The molecule has 0 bridgehead atoms. The summed E-state index contributed by atoms with van der Waals surface area (Å²) in [6.07, 6.45) is 75.1. The molecule has 0 aliphatic carbocycles. The predicted molar refractivity (Wildman–Crippen MR) is 451 cm³/mol. The molecule has 0 amide bonds. The Morgan fingerprint density at radius 2 is 0.422 bits per heavy atom. The Labute approximate surface area is 670 Å². The molecule has 0 spiro atoms. The third kappa shape index (κ3) is 83.8. The zero-order chi connectivity index (χ0) is 79.9. The van der Waals surface area contributed by atoms with E-state index in [2.05, 4.69) is 41.5 Å². The van der Waals surface area contributed by atoms with Crippen LogP contribution in [-0.4, -0.2) is 96.7 Å². The quantitative estimate of drug-likeness (QED) is 0.0222. The zero-order valence-corrected chi connectivity index (χ0v) is 73.7. The van der Waals surface area contributed by atoms with Gasteiger partial charge in [0.05, 0.1) is 26.4 Å². The zero-order valence-electron chi connectivity index (χ0n) is 71.9. The van der Waals surface area contributed by atoms with E-state index in [9.17, 15) is 43.2 Å². The van der Waals surface area contributed by atoms with Crippen molar-refractivity contribution in [3.63, 3.8) is 0 Å². The van der Waals surface area contributed by atoms with E-state index in [4.69, 9.17) is 37.0 Å². The normalized spacial score (nSPS) is 13.8. The van der Waals surface area contributed by atoms with E-state index in [0.717, 1.165) is 102 Å². The molecule has 0 radical (unpaired) electrons. The lowest BCUT2D eigenvalue weighted by molar-refractivity contribution is -0.161. The number of carbonyl (C=O) groups is 4. The number of unbranched alkanes of at least 4 members (excludes halogenated alkanes) is 59. The van der Waals surface area contributed by atoms with Gasteiger partial charge < -0.3 is 33.8 Å². The van der Waals surface area contributed by atoms with Crippen molar-refractivity contribution in [3.05, 3.63) is 0 Å². The molecule has 0 saturated heterocycles. The first-order valence-electron chi connectivity index (χ1n) is 46.5. The van der Waals surface area contributed by atoms with Gasteiger partial charge in [-0.05, 0) is 37.5 Å². The molecule has 19 heteroatoms. The number of aliphatic hydroxyl groups excluding tert-OH is 1. The van der Waals surface area contributed by atoms with Crippen LogP contribution in [0.25, 0.3) is 0 Å². The Morgan fingerprint density at radius 1 is 0.248 bits per heavy atom. The highest BCUT2D eigenvalue weighted by Crippen LogP contribution is 2.45. The van der Waals surface area contributed by atoms with E-state index >= 15 is 0 Å². The monoisotopic (exact) mass is 1590 g/mol. The molecule has 0 aromatic carbocycles. The molecule has 0 rings (SSSR count). The van der Waals surface area contributed by atoms with Crippen LogP contribution in [0.15, 0.2) is 0 Å². The van der Waals surface area contributed by atoms with Crippen molar-refractivity contribution in [2.45, 2.75) is 503 Å². The highest BCUT2D eigenvalue weighted by molar-refractivity contribution is 7.47. The molecule has 17 nitrogen and oxygen atoms in total. The standard InChI is InChI=1S/C90H176O17P2/c1-7-9-11-13-15-17-19-21-23-25-26-27-28-29-30-36-40-44-50-57-63-69-75-89(94)106-85(78-100-87(92)72-66-60-54-48-42-38-35-32-31-33-37-41-46-52-58-64-70-82(3)4)80-104-108(96,97)102-76-84(91)77-103-109(98,99)105-81-86(79-101-88(93)73-67-61-55-51-45-47-53-59-65-71-83(5)6)107-90(95)74-68-62-56-49-43-39-34-24-22-20-18-16-14-12-10-8-2/h82-86,91H,7-81H2,1-6H3,(H,96,97)(H,98,99)/t84-,85-,86-/m1/s1. The number of ether oxygens (including phenoxy) is 4. The van der Waals surface area contributed by atoms with Crippen molar-refractivity contribution in [2.75, 3.05) is 39.6 Å². The smallest absolute Gasteiger partial charge is 0.462 e. The molecule has 5 atom stereocenters. The molecule has 109 heavy (non-hydrogen) atoms. The molecule has 0 aromatic rings. The molecule has 0 aliphatic heterocycles. The Balaban J connectivity index is 5.24. The van der Waals surface area contributed by atoms with Crippen LogP contribution in [0.3, 0.4) is 0 Å². The lowest BCUT2D eigenvalue weighted by Crippen LogP contribution is -2.30. The minimum atomic E-state index is -4.97. The summed E-state index contributed by atoms with van der Waals surface area (Å²) in [5.41, 5.74) is 0. The van der Waals surface area contributed by atoms with Crippen LogP contribution in [0.2, 0.25) is 0 Å². The average Bonchev–Trinajstić information content (AvgIpc) is 0.900. The Bertz CT molecular complexity index is 2080. The van der Waals surface area contributed by atoms with Crippen LogP contribution in [-0.2, 0) is 65.4 Å². The van der Waals surface area contributed by atoms with Crippen molar-refractivity contribution in [2.24, 2.45) is 11.8 Å². The van der Waals surface area contributed by atoms with E-state index in [1.54, 1.807) is 0 Å². The van der Waals surface area contributed by atoms with Crippen molar-refractivity contribution in [1.29, 1.82) is 0 Å². The SMILES string of the molecule is CCCCCCCCCCCCCCCCCCCCCCCCC(=O)O[C@H](COC(=O)CCCCCCCCCCCCCCCCCCC(C)C)COP(=O)(O)OC[C@@H](O)COP(=O)(O)OC[C@@H](COC(=O)CCCCCCCCCCCC(C)C)OC(=O)CCCCCCCCCCCCCCCCCC. The molecule has 648 valence electrons. The molecule has 0 saturated carbocycles. The van der Waals surface area contributed by atoms with Crippen LogP contribution in [0.1, 0.15) is 485 Å². The van der Waals surface area contributed by atoms with Crippen molar-refractivity contribution in [3.8, 4) is 0 Å². The molecule has 0 aliphatic rings. The second-order valence-electron chi connectivity index (χ2n) is 33.3.